The first kappa shape index (κ1) is 12.2. The van der Waals surface area contributed by atoms with Crippen LogP contribution in [0.3, 0.4) is 0 Å². The minimum atomic E-state index is 0.822. The molecule has 0 fully saturated rings. The fourth-order valence-corrected chi connectivity index (χ4v) is 1.84. The van der Waals surface area contributed by atoms with Crippen LogP contribution in [0.4, 0.5) is 5.69 Å². The zero-order valence-corrected chi connectivity index (χ0v) is 10.5. The van der Waals surface area contributed by atoms with Crippen LogP contribution in [-0.2, 0) is 0 Å². The number of hydrogen-bond acceptors (Lipinski definition) is 1. The van der Waals surface area contributed by atoms with Crippen molar-refractivity contribution in [3.8, 4) is 0 Å². The predicted octanol–water partition coefficient (Wildman–Crippen LogP) is 4.42. The molecule has 18 heavy (non-hydrogen) atoms. The van der Waals surface area contributed by atoms with Crippen molar-refractivity contribution in [2.45, 2.75) is 6.92 Å². The molecule has 0 aliphatic heterocycles. The summed E-state index contributed by atoms with van der Waals surface area (Å²) in [6.07, 6.45) is 0. The van der Waals surface area contributed by atoms with Crippen molar-refractivity contribution >= 4 is 16.5 Å². The van der Waals surface area contributed by atoms with Crippen LogP contribution in [0, 0.1) is 6.92 Å². The number of benzene rings is 3. The van der Waals surface area contributed by atoms with E-state index in [0.29, 0.717) is 0 Å². The molecule has 2 N–H and O–H groups in total. The number of rotatable bonds is 0. The molecule has 90 valence electrons. The van der Waals surface area contributed by atoms with Gasteiger partial charge in [0.25, 0.3) is 0 Å². The van der Waals surface area contributed by atoms with Gasteiger partial charge in [-0.05, 0) is 35.4 Å². The Morgan fingerprint density at radius 2 is 1.28 bits per heavy atom. The molecule has 0 heterocycles. The average Bonchev–Trinajstić information content (AvgIpc) is 2.41. The second-order valence-corrected chi connectivity index (χ2v) is 4.21. The maximum atomic E-state index is 5.36. The first-order valence-corrected chi connectivity index (χ1v) is 6.02. The van der Waals surface area contributed by atoms with Gasteiger partial charge in [-0.1, -0.05) is 60.7 Å². The molecule has 1 heteroatoms. The highest BCUT2D eigenvalue weighted by Gasteiger charge is 1.92. The summed E-state index contributed by atoms with van der Waals surface area (Å²) in [5.74, 6) is 0. The summed E-state index contributed by atoms with van der Waals surface area (Å²) in [7, 11) is 0. The largest absolute Gasteiger partial charge is 0.399 e. The Balaban J connectivity index is 0.000000149. The Morgan fingerprint density at radius 1 is 0.667 bits per heavy atom. The monoisotopic (exact) mass is 235 g/mol. The molecule has 0 aromatic heterocycles. The van der Waals surface area contributed by atoms with Crippen LogP contribution in [0.25, 0.3) is 10.8 Å². The van der Waals surface area contributed by atoms with Crippen molar-refractivity contribution in [2.75, 3.05) is 5.73 Å². The maximum absolute atomic E-state index is 5.36. The van der Waals surface area contributed by atoms with Gasteiger partial charge in [-0.25, -0.2) is 0 Å². The van der Waals surface area contributed by atoms with E-state index in [1.165, 1.54) is 16.3 Å². The summed E-state index contributed by atoms with van der Waals surface area (Å²) < 4.78 is 0. The van der Waals surface area contributed by atoms with Gasteiger partial charge in [0.2, 0.25) is 0 Å². The lowest BCUT2D eigenvalue weighted by atomic mass is 10.1. The third kappa shape index (κ3) is 3.11. The highest BCUT2D eigenvalue weighted by Crippen LogP contribution is 2.16. The van der Waals surface area contributed by atoms with Crippen molar-refractivity contribution in [3.05, 3.63) is 78.4 Å². The van der Waals surface area contributed by atoms with Gasteiger partial charge in [0.15, 0.2) is 0 Å². The molecule has 3 aromatic carbocycles. The zero-order chi connectivity index (χ0) is 12.8. The number of hydrogen-bond donors (Lipinski definition) is 1. The van der Waals surface area contributed by atoms with Gasteiger partial charge in [-0.15, -0.1) is 0 Å². The second kappa shape index (κ2) is 5.87. The van der Waals surface area contributed by atoms with Crippen molar-refractivity contribution in [1.29, 1.82) is 0 Å². The smallest absolute Gasteiger partial charge is 0.0313 e. The molecule has 0 aliphatic rings. The SMILES string of the molecule is Cc1cccc2ccccc12.Nc1ccccc1. The van der Waals surface area contributed by atoms with Gasteiger partial charge >= 0.3 is 0 Å². The molecule has 0 radical (unpaired) electrons. The van der Waals surface area contributed by atoms with Gasteiger partial charge in [0.1, 0.15) is 0 Å². The Kier molecular flexibility index (Phi) is 3.98. The normalized spacial score (nSPS) is 9.61. The second-order valence-electron chi connectivity index (χ2n) is 4.21. The fraction of sp³-hybridized carbons (Fsp3) is 0.0588. The molecule has 3 rings (SSSR count). The summed E-state index contributed by atoms with van der Waals surface area (Å²) in [5, 5.41) is 2.68. The number of nitrogens with two attached hydrogens (primary N) is 1. The van der Waals surface area contributed by atoms with E-state index in [1.807, 2.05) is 30.3 Å². The maximum Gasteiger partial charge on any atom is 0.0313 e. The van der Waals surface area contributed by atoms with Crippen LogP contribution in [0.2, 0.25) is 0 Å². The topological polar surface area (TPSA) is 26.0 Å². The molecule has 0 atom stereocenters. The summed E-state index contributed by atoms with van der Waals surface area (Å²) in [6.45, 7) is 2.14. The third-order valence-electron chi connectivity index (χ3n) is 2.81. The summed E-state index contributed by atoms with van der Waals surface area (Å²) in [4.78, 5) is 0. The highest BCUT2D eigenvalue weighted by molar-refractivity contribution is 5.85. The van der Waals surface area contributed by atoms with E-state index >= 15 is 0 Å². The van der Waals surface area contributed by atoms with Gasteiger partial charge in [0.05, 0.1) is 0 Å². The van der Waals surface area contributed by atoms with Crippen LogP contribution >= 0.6 is 0 Å². The van der Waals surface area contributed by atoms with Crippen LogP contribution < -0.4 is 5.73 Å². The number of fused-ring (bicyclic) bond motifs is 1. The lowest BCUT2D eigenvalue weighted by molar-refractivity contribution is 1.53. The summed E-state index contributed by atoms with van der Waals surface area (Å²) >= 11 is 0. The molecule has 0 spiro atoms. The van der Waals surface area contributed by atoms with Crippen molar-refractivity contribution in [1.82, 2.24) is 0 Å². The van der Waals surface area contributed by atoms with Gasteiger partial charge in [-0.2, -0.15) is 0 Å². The minimum Gasteiger partial charge on any atom is -0.399 e. The van der Waals surface area contributed by atoms with E-state index in [1.54, 1.807) is 0 Å². The van der Waals surface area contributed by atoms with E-state index in [9.17, 15) is 0 Å². The molecular formula is C17H17N. The standard InChI is InChI=1S/C11H10.C6H7N/c1-9-5-4-7-10-6-2-3-8-11(9)10;7-6-4-2-1-3-5-6/h2-8H,1H3;1-5H,7H2. The van der Waals surface area contributed by atoms with E-state index < -0.39 is 0 Å². The summed E-state index contributed by atoms with van der Waals surface area (Å²) in [6, 6.07) is 24.3. The van der Waals surface area contributed by atoms with Crippen molar-refractivity contribution in [3.63, 3.8) is 0 Å². The number of anilines is 1. The molecule has 0 aliphatic carbocycles. The first-order chi connectivity index (χ1) is 8.77. The summed E-state index contributed by atoms with van der Waals surface area (Å²) in [5.41, 5.74) is 7.53. The zero-order valence-electron chi connectivity index (χ0n) is 10.5. The molecule has 0 bridgehead atoms. The molecule has 0 amide bonds. The predicted molar refractivity (Wildman–Crippen MR) is 79.5 cm³/mol. The van der Waals surface area contributed by atoms with E-state index in [-0.39, 0.29) is 0 Å². The van der Waals surface area contributed by atoms with Crippen LogP contribution in [0.1, 0.15) is 5.56 Å². The number of aryl methyl sites for hydroxylation is 1. The Morgan fingerprint density at radius 3 is 1.89 bits per heavy atom. The van der Waals surface area contributed by atoms with E-state index in [0.717, 1.165) is 5.69 Å². The van der Waals surface area contributed by atoms with Gasteiger partial charge in [0, 0.05) is 5.69 Å². The molecule has 0 unspecified atom stereocenters. The highest BCUT2D eigenvalue weighted by atomic mass is 14.5. The lowest BCUT2D eigenvalue weighted by Crippen LogP contribution is -1.79. The Bertz CT molecular complexity index is 609. The average molecular weight is 235 g/mol. The fourth-order valence-electron chi connectivity index (χ4n) is 1.84. The quantitative estimate of drug-likeness (QED) is 0.574. The molecule has 0 saturated heterocycles. The van der Waals surface area contributed by atoms with Crippen LogP contribution in [-0.4, -0.2) is 0 Å². The molecule has 3 aromatic rings. The Labute approximate surface area is 108 Å². The third-order valence-corrected chi connectivity index (χ3v) is 2.81. The Hall–Kier alpha value is -2.28. The van der Waals surface area contributed by atoms with E-state index in [4.69, 9.17) is 5.73 Å². The molecule has 0 saturated carbocycles. The van der Waals surface area contributed by atoms with Crippen molar-refractivity contribution in [2.24, 2.45) is 0 Å². The first-order valence-electron chi connectivity index (χ1n) is 6.02. The van der Waals surface area contributed by atoms with Crippen LogP contribution in [0.5, 0.6) is 0 Å². The van der Waals surface area contributed by atoms with E-state index in [2.05, 4.69) is 49.4 Å². The van der Waals surface area contributed by atoms with Crippen LogP contribution in [0.15, 0.2) is 72.8 Å². The van der Waals surface area contributed by atoms with Gasteiger partial charge < -0.3 is 5.73 Å². The van der Waals surface area contributed by atoms with Crippen molar-refractivity contribution < 1.29 is 0 Å². The van der Waals surface area contributed by atoms with Gasteiger partial charge in [-0.3, -0.25) is 0 Å². The number of para-hydroxylation sites is 1. The minimum absolute atomic E-state index is 0.822. The lowest BCUT2D eigenvalue weighted by Gasteiger charge is -1.98. The molecule has 1 nitrogen and oxygen atoms in total. The molecular weight excluding hydrogens is 218 g/mol. The number of nitrogen functional groups attached to an aromatic ring is 1.